The lowest BCUT2D eigenvalue weighted by atomic mass is 9.76. The largest absolute Gasteiger partial charge is 0.465 e. The van der Waals surface area contributed by atoms with E-state index in [1.54, 1.807) is 12.2 Å². The summed E-state index contributed by atoms with van der Waals surface area (Å²) in [6, 6.07) is 0. The zero-order valence-corrected chi connectivity index (χ0v) is 17.9. The highest BCUT2D eigenvalue weighted by Crippen LogP contribution is 2.35. The number of rotatable bonds is 3. The smallest absolute Gasteiger partial charge is 0.419 e. The average Bonchev–Trinajstić information content (AvgIpc) is 3.29. The topological polar surface area (TPSA) is 87.5 Å². The molecule has 0 N–H and O–H groups in total. The lowest BCUT2D eigenvalue weighted by Gasteiger charge is -2.30. The summed E-state index contributed by atoms with van der Waals surface area (Å²) in [4.78, 5) is 41.5. The second-order valence-corrected chi connectivity index (χ2v) is 8.08. The number of Topliss-reactive ketones (excluding diaryl/α,β-unsaturated/α-hetero) is 1. The Morgan fingerprint density at radius 3 is 2.53 bits per heavy atom. The fraction of sp³-hybridized carbons (Fsp3) is 0.565. The predicted octanol–water partition coefficient (Wildman–Crippen LogP) is 4.33. The Labute approximate surface area is 178 Å². The van der Waals surface area contributed by atoms with E-state index in [0.717, 1.165) is 0 Å². The minimum atomic E-state index is -0.878. The zero-order valence-electron chi connectivity index (χ0n) is 17.9. The molecule has 1 aromatic heterocycles. The normalized spacial score (nSPS) is 26.1. The van der Waals surface area contributed by atoms with E-state index in [-0.39, 0.29) is 30.2 Å². The van der Waals surface area contributed by atoms with Crippen molar-refractivity contribution in [2.75, 3.05) is 6.61 Å². The number of carbonyl (C=O) groups excluding carboxylic acids is 3. The summed E-state index contributed by atoms with van der Waals surface area (Å²) in [5.41, 5.74) is -0.470. The number of hydrogen-bond donors (Lipinski definition) is 0. The van der Waals surface area contributed by atoms with Crippen molar-refractivity contribution in [1.29, 1.82) is 0 Å². The third-order valence-electron chi connectivity index (χ3n) is 5.92. The van der Waals surface area contributed by atoms with Crippen molar-refractivity contribution in [1.82, 2.24) is 9.55 Å². The second kappa shape index (κ2) is 10.9. The SMILES string of the molecule is C=CC1(C=C)CCC(OC(=O)n2ccnc2)C(=O)[C@H](C)CCCOC(=O)[C@H](C)CC1. The van der Waals surface area contributed by atoms with Gasteiger partial charge in [0.05, 0.1) is 12.5 Å². The predicted molar refractivity (Wildman–Crippen MR) is 113 cm³/mol. The van der Waals surface area contributed by atoms with Gasteiger partial charge in [0.25, 0.3) is 0 Å². The first kappa shape index (κ1) is 23.6. The monoisotopic (exact) mass is 416 g/mol. The highest BCUT2D eigenvalue weighted by Gasteiger charge is 2.32. The van der Waals surface area contributed by atoms with Gasteiger partial charge in [0, 0.05) is 23.7 Å². The molecule has 1 fully saturated rings. The number of esters is 1. The third-order valence-corrected chi connectivity index (χ3v) is 5.92. The fourth-order valence-electron chi connectivity index (χ4n) is 3.59. The number of cyclic esters (lactones) is 1. The van der Waals surface area contributed by atoms with Crippen molar-refractivity contribution in [3.8, 4) is 0 Å². The molecule has 0 aromatic carbocycles. The molecule has 2 heterocycles. The molecule has 164 valence electrons. The summed E-state index contributed by atoms with van der Waals surface area (Å²) in [5.74, 6) is -0.921. The second-order valence-electron chi connectivity index (χ2n) is 8.08. The van der Waals surface area contributed by atoms with Gasteiger partial charge in [0.1, 0.15) is 6.33 Å². The quantitative estimate of drug-likeness (QED) is 0.538. The Balaban J connectivity index is 2.23. The molecule has 3 atom stereocenters. The van der Waals surface area contributed by atoms with Crippen LogP contribution < -0.4 is 0 Å². The molecule has 2 rings (SSSR count). The number of aromatic nitrogens is 2. The highest BCUT2D eigenvalue weighted by atomic mass is 16.6. The van der Waals surface area contributed by atoms with E-state index >= 15 is 0 Å². The molecule has 1 aliphatic heterocycles. The Bertz CT molecular complexity index is 748. The molecule has 30 heavy (non-hydrogen) atoms. The van der Waals surface area contributed by atoms with E-state index in [9.17, 15) is 14.4 Å². The van der Waals surface area contributed by atoms with Crippen LogP contribution in [0, 0.1) is 17.3 Å². The number of nitrogens with zero attached hydrogens (tertiary/aromatic N) is 2. The Morgan fingerprint density at radius 2 is 1.90 bits per heavy atom. The van der Waals surface area contributed by atoms with Gasteiger partial charge in [-0.25, -0.2) is 14.3 Å². The summed E-state index contributed by atoms with van der Waals surface area (Å²) in [7, 11) is 0. The molecular formula is C23H32N2O5. The fourth-order valence-corrected chi connectivity index (χ4v) is 3.59. The third kappa shape index (κ3) is 6.15. The molecule has 1 unspecified atom stereocenters. The van der Waals surface area contributed by atoms with Crippen LogP contribution in [-0.4, -0.2) is 40.1 Å². The molecule has 0 bridgehead atoms. The molecule has 0 radical (unpaired) electrons. The van der Waals surface area contributed by atoms with Gasteiger partial charge in [-0.05, 0) is 38.5 Å². The molecule has 1 aromatic rings. The van der Waals surface area contributed by atoms with Crippen LogP contribution in [-0.2, 0) is 19.1 Å². The summed E-state index contributed by atoms with van der Waals surface area (Å²) in [6.07, 6.45) is 9.64. The van der Waals surface area contributed by atoms with Crippen LogP contribution in [0.4, 0.5) is 4.79 Å². The lowest BCUT2D eigenvalue weighted by Crippen LogP contribution is -2.34. The van der Waals surface area contributed by atoms with Crippen molar-refractivity contribution < 1.29 is 23.9 Å². The van der Waals surface area contributed by atoms with Crippen molar-refractivity contribution in [3.05, 3.63) is 44.0 Å². The van der Waals surface area contributed by atoms with Crippen molar-refractivity contribution in [2.45, 2.75) is 58.5 Å². The van der Waals surface area contributed by atoms with Crippen LogP contribution in [0.25, 0.3) is 0 Å². The molecule has 7 heteroatoms. The van der Waals surface area contributed by atoms with Crippen LogP contribution >= 0.6 is 0 Å². The van der Waals surface area contributed by atoms with Gasteiger partial charge >= 0.3 is 12.1 Å². The van der Waals surface area contributed by atoms with E-state index in [1.165, 1.54) is 23.3 Å². The first-order chi connectivity index (χ1) is 14.3. The van der Waals surface area contributed by atoms with Gasteiger partial charge in [-0.1, -0.05) is 26.0 Å². The van der Waals surface area contributed by atoms with Crippen LogP contribution in [0.1, 0.15) is 52.4 Å². The molecule has 0 saturated carbocycles. The first-order valence-corrected chi connectivity index (χ1v) is 10.5. The van der Waals surface area contributed by atoms with Crippen LogP contribution in [0.15, 0.2) is 44.0 Å². The maximum absolute atomic E-state index is 13.1. The Hall–Kier alpha value is -2.70. The van der Waals surface area contributed by atoms with Gasteiger partial charge in [0.15, 0.2) is 11.9 Å². The van der Waals surface area contributed by atoms with Crippen LogP contribution in [0.5, 0.6) is 0 Å². The molecule has 1 aliphatic rings. The van der Waals surface area contributed by atoms with Crippen molar-refractivity contribution in [3.63, 3.8) is 0 Å². The summed E-state index contributed by atoms with van der Waals surface area (Å²) < 4.78 is 12.1. The van der Waals surface area contributed by atoms with Gasteiger partial charge in [-0.3, -0.25) is 9.59 Å². The molecule has 0 amide bonds. The van der Waals surface area contributed by atoms with Gasteiger partial charge < -0.3 is 9.47 Å². The summed E-state index contributed by atoms with van der Waals surface area (Å²) in [6.45, 7) is 11.8. The number of imidazole rings is 1. The molecular weight excluding hydrogens is 384 g/mol. The average molecular weight is 417 g/mol. The Kier molecular flexibility index (Phi) is 8.57. The van der Waals surface area contributed by atoms with E-state index in [0.29, 0.717) is 38.5 Å². The molecule has 0 spiro atoms. The minimum Gasteiger partial charge on any atom is -0.465 e. The van der Waals surface area contributed by atoms with E-state index in [4.69, 9.17) is 9.47 Å². The Morgan fingerprint density at radius 1 is 1.20 bits per heavy atom. The number of ether oxygens (including phenoxy) is 2. The van der Waals surface area contributed by atoms with E-state index in [1.807, 2.05) is 13.8 Å². The minimum absolute atomic E-state index is 0.137. The zero-order chi connectivity index (χ0) is 22.1. The van der Waals surface area contributed by atoms with Gasteiger partial charge in [-0.2, -0.15) is 0 Å². The number of ketones is 1. The summed E-state index contributed by atoms with van der Waals surface area (Å²) >= 11 is 0. The van der Waals surface area contributed by atoms with Crippen molar-refractivity contribution >= 4 is 17.8 Å². The standard InChI is InChI=1S/C23H32N2O5/c1-5-23(6-2)11-9-18(4)21(27)29-15-7-8-17(3)20(26)19(10-12-23)30-22(28)25-14-13-24-16-25/h5-6,13-14,16-19H,1-2,7-12,15H2,3-4H3/t17-,18-,19?/m1/s1. The molecule has 7 nitrogen and oxygen atoms in total. The number of carbonyl (C=O) groups is 3. The molecule has 0 aliphatic carbocycles. The van der Waals surface area contributed by atoms with Crippen LogP contribution in [0.3, 0.4) is 0 Å². The van der Waals surface area contributed by atoms with Gasteiger partial charge in [0.2, 0.25) is 0 Å². The van der Waals surface area contributed by atoms with Gasteiger partial charge in [-0.15, -0.1) is 13.2 Å². The number of hydrogen-bond acceptors (Lipinski definition) is 6. The number of allylic oxidation sites excluding steroid dienone is 2. The van der Waals surface area contributed by atoms with E-state index in [2.05, 4.69) is 18.1 Å². The summed E-state index contributed by atoms with van der Waals surface area (Å²) in [5, 5.41) is 0. The highest BCUT2D eigenvalue weighted by molar-refractivity contribution is 5.87. The lowest BCUT2D eigenvalue weighted by molar-refractivity contribution is -0.148. The maximum atomic E-state index is 13.1. The first-order valence-electron chi connectivity index (χ1n) is 10.5. The van der Waals surface area contributed by atoms with E-state index < -0.39 is 17.6 Å². The van der Waals surface area contributed by atoms with Crippen LogP contribution in [0.2, 0.25) is 0 Å². The van der Waals surface area contributed by atoms with Crippen molar-refractivity contribution in [2.24, 2.45) is 17.3 Å². The molecule has 1 saturated heterocycles. The maximum Gasteiger partial charge on any atom is 0.419 e.